The highest BCUT2D eigenvalue weighted by atomic mass is 19.1. The summed E-state index contributed by atoms with van der Waals surface area (Å²) in [6, 6.07) is 6.66. The average Bonchev–Trinajstić information content (AvgIpc) is 3.20. The smallest absolute Gasteiger partial charge is 0.268 e. The van der Waals surface area contributed by atoms with Crippen LogP contribution in [0.2, 0.25) is 0 Å². The summed E-state index contributed by atoms with van der Waals surface area (Å²) in [4.78, 5) is 12.7. The number of anilines is 1. The summed E-state index contributed by atoms with van der Waals surface area (Å²) in [7, 11) is 0. The van der Waals surface area contributed by atoms with Crippen molar-refractivity contribution in [2.75, 3.05) is 5.73 Å². The summed E-state index contributed by atoms with van der Waals surface area (Å²) in [5.74, 6) is -1.41. The Bertz CT molecular complexity index is 1090. The number of nitrogens with zero attached hydrogens (tertiary/aromatic N) is 2. The second kappa shape index (κ2) is 5.05. The Hall–Kier alpha value is -3.42. The number of pyridine rings is 1. The third-order valence-corrected chi connectivity index (χ3v) is 3.72. The Morgan fingerprint density at radius 1 is 1.17 bits per heavy atom. The highest BCUT2D eigenvalue weighted by molar-refractivity contribution is 5.97. The van der Waals surface area contributed by atoms with E-state index in [-0.39, 0.29) is 11.2 Å². The highest BCUT2D eigenvalue weighted by Gasteiger charge is 2.20. The minimum atomic E-state index is -0.871. The molecule has 0 aliphatic carbocycles. The monoisotopic (exact) mass is 328 g/mol. The molecule has 0 amide bonds. The largest absolute Gasteiger partial charge is 0.464 e. The third-order valence-electron chi connectivity index (χ3n) is 3.72. The lowest BCUT2D eigenvalue weighted by molar-refractivity contribution is 0.566. The summed E-state index contributed by atoms with van der Waals surface area (Å²) >= 11 is 0. The zero-order chi connectivity index (χ0) is 16.8. The van der Waals surface area contributed by atoms with Crippen LogP contribution in [-0.2, 0) is 0 Å². The Kier molecular flexibility index (Phi) is 2.99. The Balaban J connectivity index is 2.16. The van der Waals surface area contributed by atoms with Gasteiger partial charge in [0.2, 0.25) is 0 Å². The molecule has 0 spiro atoms. The maximum absolute atomic E-state index is 14.1. The van der Waals surface area contributed by atoms with Crippen LogP contribution < -0.4 is 11.3 Å². The zero-order valence-corrected chi connectivity index (χ0v) is 12.1. The number of benzene rings is 1. The minimum absolute atomic E-state index is 0.0338. The van der Waals surface area contributed by atoms with Crippen molar-refractivity contribution in [3.05, 3.63) is 64.8 Å². The molecule has 0 unspecified atom stereocenters. The second-order valence-electron chi connectivity index (χ2n) is 5.12. The topological polar surface area (TPSA) is 89.8 Å². The van der Waals surface area contributed by atoms with Gasteiger partial charge in [-0.15, -0.1) is 0 Å². The highest BCUT2D eigenvalue weighted by Crippen LogP contribution is 2.29. The molecule has 1 aromatic carbocycles. The first-order valence-electron chi connectivity index (χ1n) is 6.95. The second-order valence-corrected chi connectivity index (χ2v) is 5.12. The summed E-state index contributed by atoms with van der Waals surface area (Å²) in [6.45, 7) is 0. The number of hydrogen-bond donors (Lipinski definition) is 2. The maximum Gasteiger partial charge on any atom is 0.268 e. The maximum atomic E-state index is 14.1. The molecule has 3 heterocycles. The molecule has 6 nitrogen and oxygen atoms in total. The van der Waals surface area contributed by atoms with Crippen molar-refractivity contribution in [1.82, 2.24) is 14.8 Å². The molecular formula is C16H10F2N4O2. The molecule has 0 saturated heterocycles. The Morgan fingerprint density at radius 3 is 2.58 bits per heavy atom. The fraction of sp³-hybridized carbons (Fsp3) is 0. The molecule has 8 heteroatoms. The molecule has 0 radical (unpaired) electrons. The summed E-state index contributed by atoms with van der Waals surface area (Å²) in [5, 5.41) is 6.51. The van der Waals surface area contributed by atoms with Crippen LogP contribution in [0.25, 0.3) is 27.9 Å². The number of H-pyrrole nitrogens is 1. The Labute approximate surface area is 133 Å². The van der Waals surface area contributed by atoms with E-state index in [2.05, 4.69) is 10.2 Å². The van der Waals surface area contributed by atoms with Crippen LogP contribution >= 0.6 is 0 Å². The molecule has 0 aliphatic rings. The van der Waals surface area contributed by atoms with Crippen molar-refractivity contribution in [2.45, 2.75) is 0 Å². The van der Waals surface area contributed by atoms with Crippen LogP contribution in [0.4, 0.5) is 14.6 Å². The quantitative estimate of drug-likeness (QED) is 0.592. The number of halogens is 2. The summed E-state index contributed by atoms with van der Waals surface area (Å²) in [6.07, 6.45) is 2.74. The van der Waals surface area contributed by atoms with Gasteiger partial charge in [-0.25, -0.2) is 8.78 Å². The molecule has 0 saturated carbocycles. The number of aromatic nitrogens is 3. The molecule has 0 bridgehead atoms. The molecule has 3 N–H and O–H groups in total. The minimum Gasteiger partial charge on any atom is -0.464 e. The number of nitrogen functional groups attached to an aromatic ring is 1. The van der Waals surface area contributed by atoms with E-state index in [1.54, 1.807) is 12.1 Å². The van der Waals surface area contributed by atoms with Crippen molar-refractivity contribution in [1.29, 1.82) is 0 Å². The summed E-state index contributed by atoms with van der Waals surface area (Å²) < 4.78 is 34.5. The van der Waals surface area contributed by atoms with Gasteiger partial charge in [-0.2, -0.15) is 5.10 Å². The molecular weight excluding hydrogens is 318 g/mol. The van der Waals surface area contributed by atoms with Crippen molar-refractivity contribution >= 4 is 16.7 Å². The lowest BCUT2D eigenvalue weighted by atomic mass is 10.1. The van der Waals surface area contributed by atoms with E-state index in [1.807, 2.05) is 0 Å². The van der Waals surface area contributed by atoms with Crippen molar-refractivity contribution in [3.8, 4) is 17.0 Å². The number of aromatic amines is 1. The van der Waals surface area contributed by atoms with Crippen LogP contribution in [-0.4, -0.2) is 14.8 Å². The first-order chi connectivity index (χ1) is 11.6. The predicted octanol–water partition coefficient (Wildman–Crippen LogP) is 2.83. The van der Waals surface area contributed by atoms with E-state index >= 15 is 0 Å². The standard InChI is InChI=1S/C16H10F2N4O2/c17-9-3-1-4-10(18)14(9)22-7-8(11-5-2-6-24-11)13-12(16(22)23)15(19)21-20-13/h1-7H,(H3,19,20,21). The Morgan fingerprint density at radius 2 is 1.92 bits per heavy atom. The van der Waals surface area contributed by atoms with Gasteiger partial charge in [-0.3, -0.25) is 14.5 Å². The lowest BCUT2D eigenvalue weighted by Gasteiger charge is -2.10. The van der Waals surface area contributed by atoms with Gasteiger partial charge in [0.25, 0.3) is 5.56 Å². The van der Waals surface area contributed by atoms with Gasteiger partial charge in [0.05, 0.1) is 17.3 Å². The summed E-state index contributed by atoms with van der Waals surface area (Å²) in [5.41, 5.74) is 5.31. The van der Waals surface area contributed by atoms with E-state index in [0.717, 1.165) is 16.7 Å². The van der Waals surface area contributed by atoms with E-state index in [4.69, 9.17) is 10.2 Å². The van der Waals surface area contributed by atoms with Crippen LogP contribution in [0, 0.1) is 11.6 Å². The third kappa shape index (κ3) is 1.93. The normalized spacial score (nSPS) is 11.2. The van der Waals surface area contributed by atoms with Crippen LogP contribution in [0.15, 0.2) is 52.0 Å². The average molecular weight is 328 g/mol. The molecule has 120 valence electrons. The number of fused-ring (bicyclic) bond motifs is 1. The molecule has 0 atom stereocenters. The van der Waals surface area contributed by atoms with E-state index in [0.29, 0.717) is 16.8 Å². The molecule has 3 aromatic heterocycles. The van der Waals surface area contributed by atoms with Gasteiger partial charge in [0.15, 0.2) is 5.82 Å². The van der Waals surface area contributed by atoms with Crippen molar-refractivity contribution in [2.24, 2.45) is 0 Å². The van der Waals surface area contributed by atoms with Gasteiger partial charge < -0.3 is 10.2 Å². The SMILES string of the molecule is Nc1n[nH]c2c(-c3ccco3)cn(-c3c(F)cccc3F)c(=O)c12. The number of rotatable bonds is 2. The van der Waals surface area contributed by atoms with Crippen LogP contribution in [0.5, 0.6) is 0 Å². The van der Waals surface area contributed by atoms with Gasteiger partial charge in [0.1, 0.15) is 28.5 Å². The predicted molar refractivity (Wildman–Crippen MR) is 83.7 cm³/mol. The van der Waals surface area contributed by atoms with E-state index in [1.165, 1.54) is 18.5 Å². The molecule has 0 fully saturated rings. The molecule has 0 aliphatic heterocycles. The number of nitrogens with one attached hydrogen (secondary N) is 1. The number of nitrogens with two attached hydrogens (primary N) is 1. The van der Waals surface area contributed by atoms with Crippen molar-refractivity contribution < 1.29 is 13.2 Å². The van der Waals surface area contributed by atoms with Crippen LogP contribution in [0.1, 0.15) is 0 Å². The number of hydrogen-bond acceptors (Lipinski definition) is 4. The molecule has 4 aromatic rings. The molecule has 24 heavy (non-hydrogen) atoms. The number of furan rings is 1. The van der Waals surface area contributed by atoms with Gasteiger partial charge >= 0.3 is 0 Å². The fourth-order valence-electron chi connectivity index (χ4n) is 2.64. The van der Waals surface area contributed by atoms with Crippen molar-refractivity contribution in [3.63, 3.8) is 0 Å². The number of para-hydroxylation sites is 1. The van der Waals surface area contributed by atoms with Gasteiger partial charge in [0, 0.05) is 6.20 Å². The van der Waals surface area contributed by atoms with Gasteiger partial charge in [-0.05, 0) is 24.3 Å². The van der Waals surface area contributed by atoms with Crippen LogP contribution in [0.3, 0.4) is 0 Å². The van der Waals surface area contributed by atoms with E-state index < -0.39 is 22.9 Å². The fourth-order valence-corrected chi connectivity index (χ4v) is 2.64. The lowest BCUT2D eigenvalue weighted by Crippen LogP contribution is -2.21. The first kappa shape index (κ1) is 14.2. The van der Waals surface area contributed by atoms with E-state index in [9.17, 15) is 13.6 Å². The molecule has 4 rings (SSSR count). The first-order valence-corrected chi connectivity index (χ1v) is 6.95. The van der Waals surface area contributed by atoms with Gasteiger partial charge in [-0.1, -0.05) is 6.07 Å². The zero-order valence-electron chi connectivity index (χ0n) is 12.1.